The predicted octanol–water partition coefficient (Wildman–Crippen LogP) is 0.629. The second-order valence-corrected chi connectivity index (χ2v) is 5.14. The van der Waals surface area contributed by atoms with Crippen molar-refractivity contribution in [1.82, 2.24) is 4.72 Å². The minimum Gasteiger partial charge on any atom is -0.378 e. The topological polar surface area (TPSA) is 55.4 Å². The maximum Gasteiger partial charge on any atom is 0.297 e. The van der Waals surface area contributed by atoms with Crippen molar-refractivity contribution in [3.63, 3.8) is 0 Å². The Morgan fingerprint density at radius 3 is 2.83 bits per heavy atom. The Morgan fingerprint density at radius 1 is 1.58 bits per heavy atom. The molecule has 0 saturated carbocycles. The summed E-state index contributed by atoms with van der Waals surface area (Å²) in [6.45, 7) is 1.15. The summed E-state index contributed by atoms with van der Waals surface area (Å²) in [5, 5.41) is 0. The van der Waals surface area contributed by atoms with Crippen LogP contribution < -0.4 is 4.72 Å². The number of rotatable bonds is 4. The lowest BCUT2D eigenvalue weighted by molar-refractivity contribution is 0.105. The van der Waals surface area contributed by atoms with E-state index in [1.807, 2.05) is 0 Å². The Morgan fingerprint density at radius 2 is 2.33 bits per heavy atom. The molecule has 1 atom stereocenters. The van der Waals surface area contributed by atoms with Crippen LogP contribution in [-0.2, 0) is 14.0 Å². The molecule has 0 aromatic heterocycles. The number of hydrogen-bond acceptors (Lipinski definition) is 3. The van der Waals surface area contributed by atoms with E-state index in [1.54, 1.807) is 0 Å². The third-order valence-electron chi connectivity index (χ3n) is 1.76. The van der Waals surface area contributed by atoms with Crippen molar-refractivity contribution in [2.75, 3.05) is 13.2 Å². The number of nitrogens with one attached hydrogen (secondary N) is 1. The van der Waals surface area contributed by atoms with Crippen LogP contribution >= 0.6 is 10.7 Å². The molecular formula is C6H12ClNO3S. The summed E-state index contributed by atoms with van der Waals surface area (Å²) in [6.07, 6.45) is 2.99. The fourth-order valence-corrected chi connectivity index (χ4v) is 1.81. The molecule has 1 aliphatic heterocycles. The van der Waals surface area contributed by atoms with E-state index in [-0.39, 0.29) is 6.10 Å². The highest BCUT2D eigenvalue weighted by molar-refractivity contribution is 8.12. The molecule has 1 aliphatic rings. The smallest absolute Gasteiger partial charge is 0.297 e. The van der Waals surface area contributed by atoms with Gasteiger partial charge in [-0.2, -0.15) is 8.42 Å². The summed E-state index contributed by atoms with van der Waals surface area (Å²) in [5.41, 5.74) is 0. The SMILES string of the molecule is O=S(=O)(Cl)NCCC1CCCO1. The highest BCUT2D eigenvalue weighted by Gasteiger charge is 2.15. The lowest BCUT2D eigenvalue weighted by Crippen LogP contribution is -2.23. The lowest BCUT2D eigenvalue weighted by atomic mass is 10.2. The maximum atomic E-state index is 10.4. The molecule has 4 nitrogen and oxygen atoms in total. The van der Waals surface area contributed by atoms with E-state index >= 15 is 0 Å². The van der Waals surface area contributed by atoms with Gasteiger partial charge in [-0.25, -0.2) is 4.72 Å². The van der Waals surface area contributed by atoms with Crippen molar-refractivity contribution in [3.8, 4) is 0 Å². The van der Waals surface area contributed by atoms with Gasteiger partial charge in [0.05, 0.1) is 6.10 Å². The molecule has 0 aromatic rings. The predicted molar refractivity (Wildman–Crippen MR) is 46.4 cm³/mol. The average molecular weight is 214 g/mol. The van der Waals surface area contributed by atoms with Crippen molar-refractivity contribution < 1.29 is 13.2 Å². The van der Waals surface area contributed by atoms with Crippen LogP contribution in [0, 0.1) is 0 Å². The lowest BCUT2D eigenvalue weighted by Gasteiger charge is -2.07. The molecule has 0 aliphatic carbocycles. The van der Waals surface area contributed by atoms with Crippen LogP contribution in [0.4, 0.5) is 0 Å². The molecule has 1 N–H and O–H groups in total. The van der Waals surface area contributed by atoms with Gasteiger partial charge in [-0.3, -0.25) is 0 Å². The van der Waals surface area contributed by atoms with E-state index in [4.69, 9.17) is 15.4 Å². The largest absolute Gasteiger partial charge is 0.378 e. The first-order valence-corrected chi connectivity index (χ1v) is 6.20. The van der Waals surface area contributed by atoms with Crippen molar-refractivity contribution in [1.29, 1.82) is 0 Å². The average Bonchev–Trinajstić information content (AvgIpc) is 2.36. The molecule has 1 unspecified atom stereocenters. The molecule has 0 radical (unpaired) electrons. The van der Waals surface area contributed by atoms with Gasteiger partial charge in [0.2, 0.25) is 0 Å². The molecule has 0 spiro atoms. The minimum atomic E-state index is -3.55. The van der Waals surface area contributed by atoms with Crippen LogP contribution in [0.5, 0.6) is 0 Å². The highest BCUT2D eigenvalue weighted by Crippen LogP contribution is 2.14. The molecule has 0 amide bonds. The normalized spacial score (nSPS) is 24.6. The van der Waals surface area contributed by atoms with Gasteiger partial charge in [-0.15, -0.1) is 0 Å². The summed E-state index contributed by atoms with van der Waals surface area (Å²) >= 11 is 0. The van der Waals surface area contributed by atoms with Crippen LogP contribution in [0.1, 0.15) is 19.3 Å². The Balaban J connectivity index is 2.09. The molecule has 0 aromatic carbocycles. The van der Waals surface area contributed by atoms with E-state index < -0.39 is 9.24 Å². The summed E-state index contributed by atoms with van der Waals surface area (Å²) in [6, 6.07) is 0. The molecular weight excluding hydrogens is 202 g/mol. The van der Waals surface area contributed by atoms with Crippen LogP contribution in [0.2, 0.25) is 0 Å². The fourth-order valence-electron chi connectivity index (χ4n) is 1.21. The highest BCUT2D eigenvalue weighted by atomic mass is 35.7. The zero-order valence-electron chi connectivity index (χ0n) is 6.62. The second-order valence-electron chi connectivity index (χ2n) is 2.76. The van der Waals surface area contributed by atoms with Crippen LogP contribution in [0.3, 0.4) is 0 Å². The molecule has 72 valence electrons. The number of halogens is 1. The quantitative estimate of drug-likeness (QED) is 0.697. The molecule has 1 rings (SSSR count). The molecule has 0 bridgehead atoms. The zero-order valence-corrected chi connectivity index (χ0v) is 8.20. The fraction of sp³-hybridized carbons (Fsp3) is 1.00. The maximum absolute atomic E-state index is 10.4. The van der Waals surface area contributed by atoms with E-state index in [0.717, 1.165) is 19.4 Å². The molecule has 1 fully saturated rings. The van der Waals surface area contributed by atoms with Crippen LogP contribution in [-0.4, -0.2) is 27.7 Å². The van der Waals surface area contributed by atoms with Gasteiger partial charge in [-0.05, 0) is 19.3 Å². The van der Waals surface area contributed by atoms with Gasteiger partial charge in [-0.1, -0.05) is 0 Å². The Labute approximate surface area is 76.8 Å². The van der Waals surface area contributed by atoms with Gasteiger partial charge in [0, 0.05) is 23.8 Å². The van der Waals surface area contributed by atoms with Gasteiger partial charge < -0.3 is 4.74 Å². The summed E-state index contributed by atoms with van der Waals surface area (Å²) in [5.74, 6) is 0. The van der Waals surface area contributed by atoms with Crippen LogP contribution in [0.15, 0.2) is 0 Å². The zero-order chi connectivity index (χ0) is 9.03. The number of hydrogen-bond donors (Lipinski definition) is 1. The Bertz CT molecular complexity index is 223. The first-order valence-electron chi connectivity index (χ1n) is 3.89. The van der Waals surface area contributed by atoms with Gasteiger partial charge in [0.1, 0.15) is 0 Å². The third kappa shape index (κ3) is 4.25. The van der Waals surface area contributed by atoms with Crippen molar-refractivity contribution >= 4 is 19.9 Å². The van der Waals surface area contributed by atoms with E-state index in [9.17, 15) is 8.42 Å². The first-order chi connectivity index (χ1) is 5.58. The van der Waals surface area contributed by atoms with Crippen molar-refractivity contribution in [3.05, 3.63) is 0 Å². The van der Waals surface area contributed by atoms with Crippen LogP contribution in [0.25, 0.3) is 0 Å². The molecule has 12 heavy (non-hydrogen) atoms. The summed E-state index contributed by atoms with van der Waals surface area (Å²) in [4.78, 5) is 0. The first kappa shape index (κ1) is 10.2. The Hall–Kier alpha value is 0.160. The minimum absolute atomic E-state index is 0.205. The molecule has 1 saturated heterocycles. The number of ether oxygens (including phenoxy) is 1. The third-order valence-corrected chi connectivity index (χ3v) is 2.64. The Kier molecular flexibility index (Phi) is 3.77. The van der Waals surface area contributed by atoms with E-state index in [0.29, 0.717) is 13.0 Å². The summed E-state index contributed by atoms with van der Waals surface area (Å²) in [7, 11) is 1.39. The van der Waals surface area contributed by atoms with Gasteiger partial charge in [0.15, 0.2) is 0 Å². The van der Waals surface area contributed by atoms with Gasteiger partial charge in [0.25, 0.3) is 9.24 Å². The monoisotopic (exact) mass is 213 g/mol. The van der Waals surface area contributed by atoms with Crippen molar-refractivity contribution in [2.45, 2.75) is 25.4 Å². The van der Waals surface area contributed by atoms with E-state index in [2.05, 4.69) is 4.72 Å². The summed E-state index contributed by atoms with van der Waals surface area (Å²) < 4.78 is 28.3. The van der Waals surface area contributed by atoms with E-state index in [1.165, 1.54) is 0 Å². The van der Waals surface area contributed by atoms with Gasteiger partial charge >= 0.3 is 0 Å². The molecule has 6 heteroatoms. The standard InChI is InChI=1S/C6H12ClNO3S/c7-12(9,10)8-4-3-6-2-1-5-11-6/h6,8H,1-5H2. The van der Waals surface area contributed by atoms with Crippen molar-refractivity contribution in [2.24, 2.45) is 0 Å². The second kappa shape index (κ2) is 4.41. The molecule has 1 heterocycles.